The fraction of sp³-hybridized carbons (Fsp3) is 0.588. The highest BCUT2D eigenvalue weighted by atomic mass is 16.2. The van der Waals surface area contributed by atoms with Gasteiger partial charge >= 0.3 is 0 Å². The number of para-hydroxylation sites is 1. The van der Waals surface area contributed by atoms with E-state index >= 15 is 0 Å². The summed E-state index contributed by atoms with van der Waals surface area (Å²) in [5.74, 6) is 0.313. The quantitative estimate of drug-likeness (QED) is 0.785. The van der Waals surface area contributed by atoms with E-state index in [4.69, 9.17) is 0 Å². The number of rotatable bonds is 1. The van der Waals surface area contributed by atoms with E-state index < -0.39 is 0 Å². The Hall–Kier alpha value is -1.51. The van der Waals surface area contributed by atoms with E-state index in [2.05, 4.69) is 54.8 Å². The zero-order valence-electron chi connectivity index (χ0n) is 12.7. The second-order valence-electron chi connectivity index (χ2n) is 7.26. The van der Waals surface area contributed by atoms with Crippen LogP contribution in [0.2, 0.25) is 0 Å². The topological polar surface area (TPSA) is 23.6 Å². The Kier molecular flexibility index (Phi) is 3.23. The molecule has 0 aliphatic carbocycles. The van der Waals surface area contributed by atoms with Crippen molar-refractivity contribution >= 4 is 11.6 Å². The highest BCUT2D eigenvalue weighted by Crippen LogP contribution is 2.34. The van der Waals surface area contributed by atoms with Crippen molar-refractivity contribution in [3.8, 4) is 0 Å². The summed E-state index contributed by atoms with van der Waals surface area (Å²) in [6.45, 7) is 9.10. The third-order valence-electron chi connectivity index (χ3n) is 4.27. The molecular weight excluding hydrogens is 248 g/mol. The molecule has 1 amide bonds. The number of hydrogen-bond acceptors (Lipinski definition) is 2. The van der Waals surface area contributed by atoms with Crippen LogP contribution in [0.3, 0.4) is 0 Å². The van der Waals surface area contributed by atoms with Gasteiger partial charge in [0.05, 0.1) is 6.04 Å². The second-order valence-corrected chi connectivity index (χ2v) is 7.26. The number of benzene rings is 1. The summed E-state index contributed by atoms with van der Waals surface area (Å²) in [6, 6.07) is 9.12. The minimum atomic E-state index is 0.0762. The van der Waals surface area contributed by atoms with Crippen molar-refractivity contribution < 1.29 is 4.79 Å². The maximum atomic E-state index is 12.4. The van der Waals surface area contributed by atoms with E-state index in [1.54, 1.807) is 0 Å². The number of fused-ring (bicyclic) bond motifs is 3. The van der Waals surface area contributed by atoms with Gasteiger partial charge in [-0.15, -0.1) is 0 Å². The lowest BCUT2D eigenvalue weighted by molar-refractivity contribution is -0.133. The fourth-order valence-electron chi connectivity index (χ4n) is 3.36. The van der Waals surface area contributed by atoms with Crippen LogP contribution in [0.1, 0.15) is 32.8 Å². The van der Waals surface area contributed by atoms with Crippen LogP contribution in [-0.2, 0) is 11.2 Å². The molecule has 1 unspecified atom stereocenters. The number of carbonyl (C=O) groups is 1. The Morgan fingerprint density at radius 3 is 2.75 bits per heavy atom. The van der Waals surface area contributed by atoms with Gasteiger partial charge in [-0.3, -0.25) is 4.79 Å². The SMILES string of the molecule is CC(C)(C)CC(=O)N1CCN2c3ccccc3CC2C1. The number of hydrogen-bond donors (Lipinski definition) is 0. The van der Waals surface area contributed by atoms with Crippen molar-refractivity contribution in [1.29, 1.82) is 0 Å². The molecule has 3 rings (SSSR count). The van der Waals surface area contributed by atoms with E-state index in [1.165, 1.54) is 11.3 Å². The zero-order chi connectivity index (χ0) is 14.3. The van der Waals surface area contributed by atoms with Gasteiger partial charge in [0.2, 0.25) is 5.91 Å². The molecule has 0 radical (unpaired) electrons. The average Bonchev–Trinajstić information content (AvgIpc) is 2.74. The second kappa shape index (κ2) is 4.80. The van der Waals surface area contributed by atoms with Gasteiger partial charge in [0.1, 0.15) is 0 Å². The molecule has 0 bridgehead atoms. The predicted molar refractivity (Wildman–Crippen MR) is 81.9 cm³/mol. The van der Waals surface area contributed by atoms with E-state index in [1.807, 2.05) is 0 Å². The molecule has 3 nitrogen and oxygen atoms in total. The van der Waals surface area contributed by atoms with Crippen molar-refractivity contribution in [3.63, 3.8) is 0 Å². The summed E-state index contributed by atoms with van der Waals surface area (Å²) < 4.78 is 0. The summed E-state index contributed by atoms with van der Waals surface area (Å²) in [6.07, 6.45) is 1.72. The Labute approximate surface area is 121 Å². The number of nitrogens with zero attached hydrogens (tertiary/aromatic N) is 2. The Morgan fingerprint density at radius 1 is 1.25 bits per heavy atom. The van der Waals surface area contributed by atoms with Crippen LogP contribution in [0.15, 0.2) is 24.3 Å². The van der Waals surface area contributed by atoms with Crippen LogP contribution < -0.4 is 4.90 Å². The van der Waals surface area contributed by atoms with Crippen LogP contribution in [0.25, 0.3) is 0 Å². The average molecular weight is 272 g/mol. The standard InChI is InChI=1S/C17H24N2O/c1-17(2,3)11-16(20)18-8-9-19-14(12-18)10-13-6-4-5-7-15(13)19/h4-7,14H,8-12H2,1-3H3. The van der Waals surface area contributed by atoms with Gasteiger partial charge in [-0.05, 0) is 23.5 Å². The molecule has 1 aromatic rings. The van der Waals surface area contributed by atoms with Gasteiger partial charge in [-0.25, -0.2) is 0 Å². The van der Waals surface area contributed by atoms with Crippen molar-refractivity contribution in [2.75, 3.05) is 24.5 Å². The molecule has 0 saturated carbocycles. The van der Waals surface area contributed by atoms with E-state index in [9.17, 15) is 4.79 Å². The highest BCUT2D eigenvalue weighted by molar-refractivity contribution is 5.77. The van der Waals surface area contributed by atoms with Crippen LogP contribution in [0.5, 0.6) is 0 Å². The highest BCUT2D eigenvalue weighted by Gasteiger charge is 2.35. The van der Waals surface area contributed by atoms with Crippen molar-refractivity contribution in [3.05, 3.63) is 29.8 Å². The lowest BCUT2D eigenvalue weighted by Gasteiger charge is -2.40. The van der Waals surface area contributed by atoms with Gasteiger partial charge < -0.3 is 9.80 Å². The monoisotopic (exact) mass is 272 g/mol. The van der Waals surface area contributed by atoms with Gasteiger partial charge in [0.15, 0.2) is 0 Å². The number of piperazine rings is 1. The van der Waals surface area contributed by atoms with Crippen LogP contribution in [0, 0.1) is 5.41 Å². The third-order valence-corrected chi connectivity index (χ3v) is 4.27. The minimum Gasteiger partial charge on any atom is -0.364 e. The summed E-state index contributed by atoms with van der Waals surface area (Å²) in [5.41, 5.74) is 2.88. The van der Waals surface area contributed by atoms with Crippen molar-refractivity contribution in [2.24, 2.45) is 5.41 Å². The van der Waals surface area contributed by atoms with Gasteiger partial charge in [-0.2, -0.15) is 0 Å². The molecule has 0 N–H and O–H groups in total. The Bertz CT molecular complexity index is 518. The van der Waals surface area contributed by atoms with Gasteiger partial charge in [0.25, 0.3) is 0 Å². The summed E-state index contributed by atoms with van der Waals surface area (Å²) >= 11 is 0. The first-order valence-corrected chi connectivity index (χ1v) is 7.56. The molecular formula is C17H24N2O. The molecule has 1 aromatic carbocycles. The number of carbonyl (C=O) groups excluding carboxylic acids is 1. The molecule has 2 aliphatic heterocycles. The lowest BCUT2D eigenvalue weighted by Crippen LogP contribution is -2.54. The summed E-state index contributed by atoms with van der Waals surface area (Å²) in [7, 11) is 0. The summed E-state index contributed by atoms with van der Waals surface area (Å²) in [4.78, 5) is 16.9. The van der Waals surface area contributed by atoms with Crippen LogP contribution in [-0.4, -0.2) is 36.5 Å². The molecule has 1 fully saturated rings. The fourth-order valence-corrected chi connectivity index (χ4v) is 3.36. The lowest BCUT2D eigenvalue weighted by atomic mass is 9.91. The van der Waals surface area contributed by atoms with Crippen molar-refractivity contribution in [2.45, 2.75) is 39.7 Å². The molecule has 108 valence electrons. The molecule has 0 aromatic heterocycles. The number of amides is 1. The Morgan fingerprint density at radius 2 is 2.00 bits per heavy atom. The maximum Gasteiger partial charge on any atom is 0.223 e. The van der Waals surface area contributed by atoms with E-state index in [0.717, 1.165) is 26.1 Å². The first-order chi connectivity index (χ1) is 9.44. The molecule has 0 spiro atoms. The molecule has 1 atom stereocenters. The van der Waals surface area contributed by atoms with Crippen LogP contribution >= 0.6 is 0 Å². The minimum absolute atomic E-state index is 0.0762. The smallest absolute Gasteiger partial charge is 0.223 e. The molecule has 20 heavy (non-hydrogen) atoms. The Balaban J connectivity index is 1.68. The maximum absolute atomic E-state index is 12.4. The molecule has 2 heterocycles. The van der Waals surface area contributed by atoms with Gasteiger partial charge in [-0.1, -0.05) is 39.0 Å². The summed E-state index contributed by atoms with van der Waals surface area (Å²) in [5, 5.41) is 0. The van der Waals surface area contributed by atoms with Crippen LogP contribution in [0.4, 0.5) is 5.69 Å². The van der Waals surface area contributed by atoms with E-state index in [0.29, 0.717) is 18.4 Å². The molecule has 1 saturated heterocycles. The first kappa shape index (κ1) is 13.5. The number of anilines is 1. The predicted octanol–water partition coefficient (Wildman–Crippen LogP) is 2.70. The first-order valence-electron chi connectivity index (χ1n) is 7.56. The van der Waals surface area contributed by atoms with Gasteiger partial charge in [0, 0.05) is 31.7 Å². The van der Waals surface area contributed by atoms with Crippen molar-refractivity contribution in [1.82, 2.24) is 4.90 Å². The molecule has 3 heteroatoms. The third kappa shape index (κ3) is 2.54. The normalized spacial score (nSPS) is 21.6. The zero-order valence-corrected chi connectivity index (χ0v) is 12.7. The largest absolute Gasteiger partial charge is 0.364 e. The van der Waals surface area contributed by atoms with E-state index in [-0.39, 0.29) is 5.41 Å². The molecule has 2 aliphatic rings.